The molecule has 102 valence electrons. The number of nitrogens with zero attached hydrogens (tertiary/aromatic N) is 3. The molecule has 0 unspecified atom stereocenters. The molecule has 3 aromatic rings. The van der Waals surface area contributed by atoms with Crippen molar-refractivity contribution in [3.63, 3.8) is 0 Å². The highest BCUT2D eigenvalue weighted by Crippen LogP contribution is 2.21. The Kier molecular flexibility index (Phi) is 3.36. The molecule has 0 aliphatic carbocycles. The monoisotopic (exact) mass is 270 g/mol. The van der Waals surface area contributed by atoms with Crippen LogP contribution in [0.3, 0.4) is 0 Å². The number of benzene rings is 1. The SMILES string of the molecule is COc1ccccc1-n1cc(CNc2ccon2)cn1. The lowest BCUT2D eigenvalue weighted by molar-refractivity contribution is 0.411. The summed E-state index contributed by atoms with van der Waals surface area (Å²) < 4.78 is 11.9. The Morgan fingerprint density at radius 1 is 1.30 bits per heavy atom. The highest BCUT2D eigenvalue weighted by atomic mass is 16.5. The average molecular weight is 270 g/mol. The van der Waals surface area contributed by atoms with E-state index < -0.39 is 0 Å². The van der Waals surface area contributed by atoms with Crippen molar-refractivity contribution >= 4 is 5.82 Å². The molecular weight excluding hydrogens is 256 g/mol. The molecule has 0 fully saturated rings. The Morgan fingerprint density at radius 2 is 2.20 bits per heavy atom. The summed E-state index contributed by atoms with van der Waals surface area (Å²) in [6.45, 7) is 0.627. The van der Waals surface area contributed by atoms with Gasteiger partial charge >= 0.3 is 0 Å². The van der Waals surface area contributed by atoms with Crippen molar-refractivity contribution in [2.75, 3.05) is 12.4 Å². The molecule has 0 saturated heterocycles. The molecule has 0 atom stereocenters. The van der Waals surface area contributed by atoms with Gasteiger partial charge in [-0.3, -0.25) is 0 Å². The van der Waals surface area contributed by atoms with Gasteiger partial charge in [0.25, 0.3) is 0 Å². The minimum Gasteiger partial charge on any atom is -0.494 e. The summed E-state index contributed by atoms with van der Waals surface area (Å²) in [5.41, 5.74) is 1.95. The van der Waals surface area contributed by atoms with Crippen LogP contribution in [0.4, 0.5) is 5.82 Å². The molecule has 1 aromatic carbocycles. The second kappa shape index (κ2) is 5.48. The molecule has 6 heteroatoms. The Hall–Kier alpha value is -2.76. The van der Waals surface area contributed by atoms with Crippen LogP contribution in [0.25, 0.3) is 5.69 Å². The van der Waals surface area contributed by atoms with E-state index in [4.69, 9.17) is 9.26 Å². The third-order valence-electron chi connectivity index (χ3n) is 2.88. The minimum absolute atomic E-state index is 0.627. The van der Waals surface area contributed by atoms with E-state index in [1.807, 2.05) is 30.5 Å². The second-order valence-electron chi connectivity index (χ2n) is 4.20. The standard InChI is InChI=1S/C14H14N4O2/c1-19-13-5-3-2-4-12(13)18-10-11(9-16-18)8-15-14-6-7-20-17-14/h2-7,9-10H,8H2,1H3,(H,15,17). The van der Waals surface area contributed by atoms with Crippen LogP contribution in [0.15, 0.2) is 53.5 Å². The van der Waals surface area contributed by atoms with Crippen LogP contribution in [0.1, 0.15) is 5.56 Å². The van der Waals surface area contributed by atoms with Crippen LogP contribution < -0.4 is 10.1 Å². The van der Waals surface area contributed by atoms with Gasteiger partial charge in [-0.25, -0.2) is 4.68 Å². The van der Waals surface area contributed by atoms with Crippen LogP contribution >= 0.6 is 0 Å². The second-order valence-corrected chi connectivity index (χ2v) is 4.20. The van der Waals surface area contributed by atoms with Crippen LogP contribution in [0, 0.1) is 0 Å². The molecule has 0 bridgehead atoms. The summed E-state index contributed by atoms with van der Waals surface area (Å²) in [6.07, 6.45) is 5.28. The maximum atomic E-state index is 5.33. The van der Waals surface area contributed by atoms with E-state index >= 15 is 0 Å². The number of aromatic nitrogens is 3. The maximum Gasteiger partial charge on any atom is 0.169 e. The lowest BCUT2D eigenvalue weighted by atomic mass is 10.3. The van der Waals surface area contributed by atoms with Crippen LogP contribution in [0.2, 0.25) is 0 Å². The molecule has 0 radical (unpaired) electrons. The molecule has 0 aliphatic heterocycles. The predicted octanol–water partition coefficient (Wildman–Crippen LogP) is 2.48. The molecule has 0 aliphatic rings. The highest BCUT2D eigenvalue weighted by molar-refractivity contribution is 5.46. The largest absolute Gasteiger partial charge is 0.494 e. The third-order valence-corrected chi connectivity index (χ3v) is 2.88. The molecule has 0 amide bonds. The number of nitrogens with one attached hydrogen (secondary N) is 1. The summed E-state index contributed by atoms with van der Waals surface area (Å²) in [6, 6.07) is 9.52. The van der Waals surface area contributed by atoms with Gasteiger partial charge in [-0.05, 0) is 12.1 Å². The van der Waals surface area contributed by atoms with Crippen molar-refractivity contribution in [1.82, 2.24) is 14.9 Å². The zero-order chi connectivity index (χ0) is 13.8. The fraction of sp³-hybridized carbons (Fsp3) is 0.143. The van der Waals surface area contributed by atoms with Crippen LogP contribution in [0.5, 0.6) is 5.75 Å². The molecule has 0 spiro atoms. The summed E-state index contributed by atoms with van der Waals surface area (Å²) in [5, 5.41) is 11.3. The van der Waals surface area contributed by atoms with Gasteiger partial charge in [0.15, 0.2) is 5.82 Å². The summed E-state index contributed by atoms with van der Waals surface area (Å²) in [7, 11) is 1.65. The fourth-order valence-corrected chi connectivity index (χ4v) is 1.90. The van der Waals surface area contributed by atoms with E-state index in [1.54, 1.807) is 24.1 Å². The van der Waals surface area contributed by atoms with E-state index in [-0.39, 0.29) is 0 Å². The molecule has 3 rings (SSSR count). The number of rotatable bonds is 5. The smallest absolute Gasteiger partial charge is 0.169 e. The molecule has 20 heavy (non-hydrogen) atoms. The molecule has 2 aromatic heterocycles. The van der Waals surface area contributed by atoms with Gasteiger partial charge < -0.3 is 14.6 Å². The first-order chi connectivity index (χ1) is 9.86. The number of anilines is 1. The first-order valence-electron chi connectivity index (χ1n) is 6.18. The lowest BCUT2D eigenvalue weighted by Gasteiger charge is -2.07. The van der Waals surface area contributed by atoms with E-state index in [9.17, 15) is 0 Å². The molecule has 2 heterocycles. The van der Waals surface area contributed by atoms with Gasteiger partial charge in [-0.15, -0.1) is 0 Å². The van der Waals surface area contributed by atoms with E-state index in [0.717, 1.165) is 17.0 Å². The van der Waals surface area contributed by atoms with Crippen molar-refractivity contribution in [1.29, 1.82) is 0 Å². The Labute approximate surface area is 116 Å². The van der Waals surface area contributed by atoms with Gasteiger partial charge in [0.05, 0.1) is 13.3 Å². The maximum absolute atomic E-state index is 5.33. The Morgan fingerprint density at radius 3 is 3.00 bits per heavy atom. The van der Waals surface area contributed by atoms with Crippen molar-refractivity contribution in [2.24, 2.45) is 0 Å². The minimum atomic E-state index is 0.627. The Bertz CT molecular complexity index is 676. The zero-order valence-electron chi connectivity index (χ0n) is 11.0. The van der Waals surface area contributed by atoms with Crippen LogP contribution in [-0.2, 0) is 6.54 Å². The number of ether oxygens (including phenoxy) is 1. The first-order valence-corrected chi connectivity index (χ1v) is 6.18. The summed E-state index contributed by atoms with van der Waals surface area (Å²) in [5.74, 6) is 1.49. The van der Waals surface area contributed by atoms with Crippen LogP contribution in [-0.4, -0.2) is 22.0 Å². The van der Waals surface area contributed by atoms with E-state index in [2.05, 4.69) is 15.6 Å². The Balaban J connectivity index is 1.76. The zero-order valence-corrected chi connectivity index (χ0v) is 11.0. The number of para-hydroxylation sites is 2. The van der Waals surface area contributed by atoms with E-state index in [1.165, 1.54) is 6.26 Å². The summed E-state index contributed by atoms with van der Waals surface area (Å²) >= 11 is 0. The predicted molar refractivity (Wildman–Crippen MR) is 73.9 cm³/mol. The van der Waals surface area contributed by atoms with Gasteiger partial charge in [-0.1, -0.05) is 17.3 Å². The third kappa shape index (κ3) is 2.49. The van der Waals surface area contributed by atoms with Gasteiger partial charge in [-0.2, -0.15) is 5.10 Å². The molecule has 0 saturated carbocycles. The van der Waals surface area contributed by atoms with Crippen molar-refractivity contribution < 1.29 is 9.26 Å². The molecular formula is C14H14N4O2. The first kappa shape index (κ1) is 12.3. The van der Waals surface area contributed by atoms with Gasteiger partial charge in [0.1, 0.15) is 17.7 Å². The highest BCUT2D eigenvalue weighted by Gasteiger charge is 2.06. The van der Waals surface area contributed by atoms with Gasteiger partial charge in [0, 0.05) is 24.4 Å². The summed E-state index contributed by atoms with van der Waals surface area (Å²) in [4.78, 5) is 0. The molecule has 1 N–H and O–H groups in total. The number of methoxy groups -OCH3 is 1. The van der Waals surface area contributed by atoms with Crippen molar-refractivity contribution in [3.05, 3.63) is 54.6 Å². The molecule has 6 nitrogen and oxygen atoms in total. The average Bonchev–Trinajstić information content (AvgIpc) is 3.16. The topological polar surface area (TPSA) is 65.1 Å². The quantitative estimate of drug-likeness (QED) is 0.771. The number of hydrogen-bond acceptors (Lipinski definition) is 5. The lowest BCUT2D eigenvalue weighted by Crippen LogP contribution is -1.99. The number of hydrogen-bond donors (Lipinski definition) is 1. The normalized spacial score (nSPS) is 10.4. The van der Waals surface area contributed by atoms with Gasteiger partial charge in [0.2, 0.25) is 0 Å². The fourth-order valence-electron chi connectivity index (χ4n) is 1.90. The van der Waals surface area contributed by atoms with Crippen molar-refractivity contribution in [2.45, 2.75) is 6.54 Å². The van der Waals surface area contributed by atoms with E-state index in [0.29, 0.717) is 12.4 Å². The van der Waals surface area contributed by atoms with Crippen molar-refractivity contribution in [3.8, 4) is 11.4 Å².